The van der Waals surface area contributed by atoms with E-state index in [9.17, 15) is 13.9 Å². The zero-order valence-corrected chi connectivity index (χ0v) is 17.4. The molecule has 1 fully saturated rings. The van der Waals surface area contributed by atoms with Crippen LogP contribution in [0, 0.1) is 0 Å². The van der Waals surface area contributed by atoms with E-state index in [0.29, 0.717) is 32.4 Å². The maximum atomic E-state index is 14.0. The van der Waals surface area contributed by atoms with Gasteiger partial charge in [-0.1, -0.05) is 35.3 Å². The van der Waals surface area contributed by atoms with Crippen LogP contribution in [0.3, 0.4) is 0 Å². The van der Waals surface area contributed by atoms with Gasteiger partial charge in [0.05, 0.1) is 18.3 Å². The summed E-state index contributed by atoms with van der Waals surface area (Å²) in [6.45, 7) is -0.260. The van der Waals surface area contributed by atoms with Gasteiger partial charge in [0.25, 0.3) is 5.92 Å². The van der Waals surface area contributed by atoms with Crippen molar-refractivity contribution in [1.29, 1.82) is 0 Å². The number of aromatic nitrogens is 2. The van der Waals surface area contributed by atoms with E-state index in [1.807, 2.05) is 0 Å². The summed E-state index contributed by atoms with van der Waals surface area (Å²) in [7, 11) is 0. The molecule has 4 nitrogen and oxygen atoms in total. The molecule has 0 radical (unpaired) electrons. The van der Waals surface area contributed by atoms with Crippen molar-refractivity contribution >= 4 is 23.2 Å². The van der Waals surface area contributed by atoms with Crippen molar-refractivity contribution in [1.82, 2.24) is 14.9 Å². The zero-order chi connectivity index (χ0) is 21.3. The average Bonchev–Trinajstić information content (AvgIpc) is 3.07. The first-order valence-corrected chi connectivity index (χ1v) is 10.2. The number of alkyl halides is 2. The molecule has 3 aromatic rings. The van der Waals surface area contributed by atoms with Crippen LogP contribution in [0.1, 0.15) is 29.7 Å². The highest BCUT2D eigenvalue weighted by Crippen LogP contribution is 2.42. The lowest BCUT2D eigenvalue weighted by Gasteiger charge is -2.32. The molecule has 1 aliphatic rings. The van der Waals surface area contributed by atoms with Gasteiger partial charge < -0.3 is 5.11 Å². The zero-order valence-electron chi connectivity index (χ0n) is 15.9. The number of hydrogen-bond acceptors (Lipinski definition) is 4. The van der Waals surface area contributed by atoms with Crippen LogP contribution >= 0.6 is 23.2 Å². The second kappa shape index (κ2) is 8.55. The fourth-order valence-electron chi connectivity index (χ4n) is 3.90. The molecule has 1 saturated heterocycles. The van der Waals surface area contributed by atoms with Crippen LogP contribution in [0.5, 0.6) is 0 Å². The number of benzene rings is 1. The first-order valence-electron chi connectivity index (χ1n) is 9.45. The van der Waals surface area contributed by atoms with Crippen molar-refractivity contribution in [3.63, 3.8) is 0 Å². The van der Waals surface area contributed by atoms with Crippen LogP contribution in [0.4, 0.5) is 8.78 Å². The Morgan fingerprint density at radius 1 is 1.07 bits per heavy atom. The number of hydrogen-bond donors (Lipinski definition) is 1. The number of aliphatic hydroxyl groups excluding tert-OH is 1. The summed E-state index contributed by atoms with van der Waals surface area (Å²) in [4.78, 5) is 10.1. The lowest BCUT2D eigenvalue weighted by atomic mass is 9.92. The average molecular weight is 450 g/mol. The molecule has 1 aliphatic heterocycles. The van der Waals surface area contributed by atoms with E-state index in [0.717, 1.165) is 0 Å². The Hall–Kier alpha value is -2.12. The molecule has 156 valence electrons. The Kier molecular flexibility index (Phi) is 6.02. The Morgan fingerprint density at radius 2 is 1.80 bits per heavy atom. The summed E-state index contributed by atoms with van der Waals surface area (Å²) in [6, 6.07) is 11.3. The quantitative estimate of drug-likeness (QED) is 0.553. The van der Waals surface area contributed by atoms with Gasteiger partial charge in [0.2, 0.25) is 0 Å². The standard InChI is InChI=1S/C22H19Cl2F2N3O/c23-16-9-15(10-17(24)11-16)19-18(4-2-7-28-19)21(30)20(14-3-1-6-27-12-14)29-8-5-22(25,26)13-29/h1-4,6-7,9-12,20-21,30H,5,8,13H2. The summed E-state index contributed by atoms with van der Waals surface area (Å²) in [6.07, 6.45) is 3.43. The molecular formula is C22H19Cl2F2N3O. The molecule has 8 heteroatoms. The molecule has 2 atom stereocenters. The molecule has 0 amide bonds. The third kappa shape index (κ3) is 4.47. The third-order valence-corrected chi connectivity index (χ3v) is 5.65. The highest BCUT2D eigenvalue weighted by atomic mass is 35.5. The molecular weight excluding hydrogens is 431 g/mol. The molecule has 4 rings (SSSR count). The van der Waals surface area contributed by atoms with Crippen LogP contribution in [-0.2, 0) is 0 Å². The smallest absolute Gasteiger partial charge is 0.261 e. The Balaban J connectivity index is 1.78. The fraction of sp³-hybridized carbons (Fsp3) is 0.273. The monoisotopic (exact) mass is 449 g/mol. The van der Waals surface area contributed by atoms with Crippen molar-refractivity contribution in [2.75, 3.05) is 13.1 Å². The Labute approximate surface area is 183 Å². The van der Waals surface area contributed by atoms with Gasteiger partial charge in [-0.05, 0) is 35.9 Å². The molecule has 0 bridgehead atoms. The topological polar surface area (TPSA) is 49.3 Å². The summed E-state index contributed by atoms with van der Waals surface area (Å²) in [5, 5.41) is 12.3. The lowest BCUT2D eigenvalue weighted by molar-refractivity contribution is -0.00694. The molecule has 0 saturated carbocycles. The normalized spacial score (nSPS) is 18.3. The molecule has 2 aromatic heterocycles. The number of halogens is 4. The van der Waals surface area contributed by atoms with Crippen LogP contribution in [0.2, 0.25) is 10.0 Å². The van der Waals surface area contributed by atoms with Crippen molar-refractivity contribution in [2.24, 2.45) is 0 Å². The molecule has 1 N–H and O–H groups in total. The largest absolute Gasteiger partial charge is 0.386 e. The van der Waals surface area contributed by atoms with E-state index in [1.165, 1.54) is 0 Å². The predicted molar refractivity (Wildman–Crippen MR) is 113 cm³/mol. The van der Waals surface area contributed by atoms with E-state index in [4.69, 9.17) is 23.2 Å². The maximum absolute atomic E-state index is 14.0. The van der Waals surface area contributed by atoms with Crippen molar-refractivity contribution in [3.05, 3.63) is 82.2 Å². The lowest BCUT2D eigenvalue weighted by Crippen LogP contribution is -2.33. The van der Waals surface area contributed by atoms with Crippen molar-refractivity contribution < 1.29 is 13.9 Å². The summed E-state index contributed by atoms with van der Waals surface area (Å²) < 4.78 is 28.0. The van der Waals surface area contributed by atoms with Crippen LogP contribution in [0.25, 0.3) is 11.3 Å². The summed E-state index contributed by atoms with van der Waals surface area (Å²) >= 11 is 12.3. The number of pyridine rings is 2. The van der Waals surface area contributed by atoms with Gasteiger partial charge in [0, 0.05) is 52.7 Å². The van der Waals surface area contributed by atoms with Crippen LogP contribution in [-0.4, -0.2) is 39.0 Å². The predicted octanol–water partition coefficient (Wildman–Crippen LogP) is 5.57. The highest BCUT2D eigenvalue weighted by molar-refractivity contribution is 6.35. The maximum Gasteiger partial charge on any atom is 0.261 e. The Bertz CT molecular complexity index is 1020. The first-order chi connectivity index (χ1) is 14.3. The van der Waals surface area contributed by atoms with E-state index in [2.05, 4.69) is 9.97 Å². The first kappa shape index (κ1) is 21.1. The van der Waals surface area contributed by atoms with Crippen molar-refractivity contribution in [3.8, 4) is 11.3 Å². The van der Waals surface area contributed by atoms with Gasteiger partial charge in [0.1, 0.15) is 6.10 Å². The summed E-state index contributed by atoms with van der Waals surface area (Å²) in [5.41, 5.74) is 2.29. The number of aliphatic hydroxyl groups is 1. The third-order valence-electron chi connectivity index (χ3n) is 5.21. The van der Waals surface area contributed by atoms with E-state index in [1.54, 1.807) is 66.0 Å². The minimum atomic E-state index is -2.79. The van der Waals surface area contributed by atoms with Crippen LogP contribution in [0.15, 0.2) is 61.1 Å². The second-order valence-corrected chi connectivity index (χ2v) is 8.22. The minimum absolute atomic E-state index is 0.169. The van der Waals surface area contributed by atoms with Crippen molar-refractivity contribution in [2.45, 2.75) is 24.5 Å². The minimum Gasteiger partial charge on any atom is -0.386 e. The fourth-order valence-corrected chi connectivity index (χ4v) is 4.43. The SMILES string of the molecule is OC(c1cccnc1-c1cc(Cl)cc(Cl)c1)C(c1cccnc1)N1CCC(F)(F)C1. The van der Waals surface area contributed by atoms with Crippen LogP contribution < -0.4 is 0 Å². The molecule has 3 heterocycles. The van der Waals surface area contributed by atoms with Gasteiger partial charge >= 0.3 is 0 Å². The molecule has 30 heavy (non-hydrogen) atoms. The van der Waals surface area contributed by atoms with Gasteiger partial charge in [0.15, 0.2) is 0 Å². The highest BCUT2D eigenvalue weighted by Gasteiger charge is 2.43. The van der Waals surface area contributed by atoms with Gasteiger partial charge in [-0.15, -0.1) is 0 Å². The molecule has 1 aromatic carbocycles. The van der Waals surface area contributed by atoms with Gasteiger partial charge in [-0.3, -0.25) is 14.9 Å². The van der Waals surface area contributed by atoms with E-state index >= 15 is 0 Å². The van der Waals surface area contributed by atoms with E-state index in [-0.39, 0.29) is 13.0 Å². The number of rotatable bonds is 5. The number of likely N-dealkylation sites (tertiary alicyclic amines) is 1. The Morgan fingerprint density at radius 3 is 2.43 bits per heavy atom. The van der Waals surface area contributed by atoms with E-state index < -0.39 is 24.6 Å². The van der Waals surface area contributed by atoms with Gasteiger partial charge in [-0.25, -0.2) is 8.78 Å². The molecule has 0 spiro atoms. The summed E-state index contributed by atoms with van der Waals surface area (Å²) in [5.74, 6) is -2.79. The molecule has 2 unspecified atom stereocenters. The second-order valence-electron chi connectivity index (χ2n) is 7.35. The number of nitrogens with zero attached hydrogens (tertiary/aromatic N) is 3. The van der Waals surface area contributed by atoms with Gasteiger partial charge in [-0.2, -0.15) is 0 Å². The molecule has 0 aliphatic carbocycles.